The SMILES string of the molecule is CCCC([O])(C#N)NC(N)=O. The first-order valence-electron chi connectivity index (χ1n) is 3.23. The molecule has 0 aromatic heterocycles. The number of amides is 2. The van der Waals surface area contributed by atoms with E-state index in [0.717, 1.165) is 0 Å². The van der Waals surface area contributed by atoms with Crippen molar-refractivity contribution in [3.8, 4) is 6.07 Å². The van der Waals surface area contributed by atoms with Gasteiger partial charge in [0.15, 0.2) is 0 Å². The predicted octanol–water partition coefficient (Wildman–Crippen LogP) is 0.105. The third-order valence-corrected chi connectivity index (χ3v) is 1.11. The summed E-state index contributed by atoms with van der Waals surface area (Å²) in [5, 5.41) is 21.3. The first kappa shape index (κ1) is 9.72. The highest BCUT2D eigenvalue weighted by Gasteiger charge is 2.28. The number of urea groups is 1. The summed E-state index contributed by atoms with van der Waals surface area (Å²) in [7, 11) is 0. The summed E-state index contributed by atoms with van der Waals surface area (Å²) in [5.41, 5.74) is 2.63. The first-order chi connectivity index (χ1) is 5.04. The molecular weight excluding hydrogens is 146 g/mol. The molecule has 1 radical (unpaired) electrons. The summed E-state index contributed by atoms with van der Waals surface area (Å²) < 4.78 is 0. The van der Waals surface area contributed by atoms with Crippen molar-refractivity contribution in [3.63, 3.8) is 0 Å². The Morgan fingerprint density at radius 3 is 2.64 bits per heavy atom. The van der Waals surface area contributed by atoms with Gasteiger partial charge in [0.2, 0.25) is 0 Å². The van der Waals surface area contributed by atoms with E-state index in [2.05, 4.69) is 5.73 Å². The molecule has 0 aliphatic rings. The molecule has 0 saturated heterocycles. The van der Waals surface area contributed by atoms with Crippen LogP contribution in [0.5, 0.6) is 0 Å². The van der Waals surface area contributed by atoms with E-state index < -0.39 is 11.8 Å². The molecule has 0 saturated carbocycles. The average molecular weight is 156 g/mol. The van der Waals surface area contributed by atoms with Gasteiger partial charge in [0.1, 0.15) is 6.07 Å². The molecule has 0 bridgehead atoms. The Labute approximate surface area is 64.8 Å². The van der Waals surface area contributed by atoms with Gasteiger partial charge in [-0.2, -0.15) is 10.4 Å². The highest BCUT2D eigenvalue weighted by atomic mass is 16.3. The zero-order valence-electron chi connectivity index (χ0n) is 6.26. The van der Waals surface area contributed by atoms with Crippen LogP contribution in [-0.2, 0) is 5.11 Å². The van der Waals surface area contributed by atoms with E-state index in [0.29, 0.717) is 6.42 Å². The topological polar surface area (TPSA) is 98.8 Å². The van der Waals surface area contributed by atoms with Gasteiger partial charge in [-0.25, -0.2) is 4.79 Å². The van der Waals surface area contributed by atoms with Crippen LogP contribution in [0.1, 0.15) is 19.8 Å². The fraction of sp³-hybridized carbons (Fsp3) is 0.667. The molecule has 1 atom stereocenters. The zero-order chi connectivity index (χ0) is 8.91. The third-order valence-electron chi connectivity index (χ3n) is 1.11. The Morgan fingerprint density at radius 1 is 1.82 bits per heavy atom. The van der Waals surface area contributed by atoms with Crippen molar-refractivity contribution in [2.45, 2.75) is 25.5 Å². The number of nitriles is 1. The van der Waals surface area contributed by atoms with E-state index >= 15 is 0 Å². The minimum Gasteiger partial charge on any atom is -0.352 e. The normalized spacial score (nSPS) is 14.6. The molecule has 61 valence electrons. The molecular formula is C6H10N3O2. The van der Waals surface area contributed by atoms with E-state index in [9.17, 15) is 9.90 Å². The summed E-state index contributed by atoms with van der Waals surface area (Å²) in [6.07, 6.45) is 0.587. The second-order valence-corrected chi connectivity index (χ2v) is 2.18. The third kappa shape index (κ3) is 3.43. The number of carbonyl (C=O) groups excluding carboxylic acids is 1. The maximum Gasteiger partial charge on any atom is 0.315 e. The van der Waals surface area contributed by atoms with Crippen molar-refractivity contribution in [2.24, 2.45) is 5.73 Å². The molecule has 0 heterocycles. The molecule has 5 heteroatoms. The Morgan fingerprint density at radius 2 is 2.36 bits per heavy atom. The summed E-state index contributed by atoms with van der Waals surface area (Å²) in [4.78, 5) is 10.2. The molecule has 0 rings (SSSR count). The molecule has 0 aliphatic carbocycles. The van der Waals surface area contributed by atoms with E-state index in [1.54, 1.807) is 6.92 Å². The monoisotopic (exact) mass is 156 g/mol. The van der Waals surface area contributed by atoms with Crippen LogP contribution in [0.15, 0.2) is 0 Å². The van der Waals surface area contributed by atoms with Crippen LogP contribution in [0, 0.1) is 11.3 Å². The number of nitrogens with two attached hydrogens (primary N) is 1. The smallest absolute Gasteiger partial charge is 0.315 e. The van der Waals surface area contributed by atoms with E-state index in [1.165, 1.54) is 6.07 Å². The summed E-state index contributed by atoms with van der Waals surface area (Å²) in [5.74, 6) is 0. The number of primary amides is 1. The highest BCUT2D eigenvalue weighted by Crippen LogP contribution is 2.07. The molecule has 5 nitrogen and oxygen atoms in total. The largest absolute Gasteiger partial charge is 0.352 e. The van der Waals surface area contributed by atoms with Crippen LogP contribution < -0.4 is 11.1 Å². The van der Waals surface area contributed by atoms with Gasteiger partial charge < -0.3 is 5.73 Å². The summed E-state index contributed by atoms with van der Waals surface area (Å²) in [6.45, 7) is 1.74. The van der Waals surface area contributed by atoms with Gasteiger partial charge in [-0.15, -0.1) is 0 Å². The highest BCUT2D eigenvalue weighted by molar-refractivity contribution is 5.72. The molecule has 0 fully saturated rings. The summed E-state index contributed by atoms with van der Waals surface area (Å²) in [6, 6.07) is 0.480. The molecule has 0 aromatic rings. The maximum absolute atomic E-state index is 11.1. The van der Waals surface area contributed by atoms with Gasteiger partial charge in [-0.05, 0) is 0 Å². The van der Waals surface area contributed by atoms with Crippen molar-refractivity contribution in [3.05, 3.63) is 0 Å². The Balaban J connectivity index is 4.13. The fourth-order valence-electron chi connectivity index (χ4n) is 0.697. The Hall–Kier alpha value is -1.28. The van der Waals surface area contributed by atoms with Crippen LogP contribution in [0.25, 0.3) is 0 Å². The molecule has 0 spiro atoms. The lowest BCUT2D eigenvalue weighted by Crippen LogP contribution is -2.48. The standard InChI is InChI=1S/C6H10N3O2/c1-2-3-6(11,4-7)9-5(8)10/h2-3H2,1H3,(H3,8,9,10). The number of carbonyl (C=O) groups is 1. The number of nitrogens with one attached hydrogen (secondary N) is 1. The molecule has 1 unspecified atom stereocenters. The second-order valence-electron chi connectivity index (χ2n) is 2.18. The van der Waals surface area contributed by atoms with Crippen LogP contribution >= 0.6 is 0 Å². The predicted molar refractivity (Wildman–Crippen MR) is 36.7 cm³/mol. The van der Waals surface area contributed by atoms with Gasteiger partial charge in [0.05, 0.1) is 0 Å². The Kier molecular flexibility index (Phi) is 3.34. The molecule has 0 aliphatic heterocycles. The lowest BCUT2D eigenvalue weighted by Gasteiger charge is -2.16. The zero-order valence-corrected chi connectivity index (χ0v) is 6.26. The minimum absolute atomic E-state index is 0.0619. The molecule has 2 amide bonds. The first-order valence-corrected chi connectivity index (χ1v) is 3.23. The molecule has 0 aromatic carbocycles. The van der Waals surface area contributed by atoms with Gasteiger partial charge in [-0.1, -0.05) is 13.3 Å². The number of rotatable bonds is 3. The van der Waals surface area contributed by atoms with Crippen molar-refractivity contribution in [1.82, 2.24) is 5.32 Å². The number of hydrogen-bond acceptors (Lipinski definition) is 2. The van der Waals surface area contributed by atoms with Gasteiger partial charge in [0.25, 0.3) is 5.72 Å². The second kappa shape index (κ2) is 3.78. The van der Waals surface area contributed by atoms with E-state index in [-0.39, 0.29) is 6.42 Å². The molecule has 11 heavy (non-hydrogen) atoms. The van der Waals surface area contributed by atoms with E-state index in [1.807, 2.05) is 5.32 Å². The average Bonchev–Trinajstić information content (AvgIpc) is 1.87. The van der Waals surface area contributed by atoms with Crippen LogP contribution in [-0.4, -0.2) is 11.8 Å². The lowest BCUT2D eigenvalue weighted by molar-refractivity contribution is -0.00506. The van der Waals surface area contributed by atoms with Crippen LogP contribution in [0.3, 0.4) is 0 Å². The summed E-state index contributed by atoms with van der Waals surface area (Å²) >= 11 is 0. The van der Waals surface area contributed by atoms with Crippen molar-refractivity contribution >= 4 is 6.03 Å². The van der Waals surface area contributed by atoms with E-state index in [4.69, 9.17) is 5.26 Å². The van der Waals surface area contributed by atoms with Crippen LogP contribution in [0.4, 0.5) is 4.79 Å². The van der Waals surface area contributed by atoms with Gasteiger partial charge in [0, 0.05) is 6.42 Å². The Bertz CT molecular complexity index is 187. The number of nitrogens with zero attached hydrogens (tertiary/aromatic N) is 1. The van der Waals surface area contributed by atoms with Crippen molar-refractivity contribution in [2.75, 3.05) is 0 Å². The fourth-order valence-corrected chi connectivity index (χ4v) is 0.697. The van der Waals surface area contributed by atoms with Crippen molar-refractivity contribution in [1.29, 1.82) is 5.26 Å². The lowest BCUT2D eigenvalue weighted by atomic mass is 10.1. The van der Waals surface area contributed by atoms with Gasteiger partial charge in [-0.3, -0.25) is 5.32 Å². The quantitative estimate of drug-likeness (QED) is 0.566. The maximum atomic E-state index is 11.1. The van der Waals surface area contributed by atoms with Crippen molar-refractivity contribution < 1.29 is 9.90 Å². The minimum atomic E-state index is -2.05. The molecule has 3 N–H and O–H groups in total. The van der Waals surface area contributed by atoms with Crippen LogP contribution in [0.2, 0.25) is 0 Å². The number of hydrogen-bond donors (Lipinski definition) is 2. The van der Waals surface area contributed by atoms with Gasteiger partial charge >= 0.3 is 6.03 Å².